The highest BCUT2D eigenvalue weighted by molar-refractivity contribution is 5.91. The summed E-state index contributed by atoms with van der Waals surface area (Å²) in [6.45, 7) is 2.89. The third-order valence-corrected chi connectivity index (χ3v) is 5.54. The van der Waals surface area contributed by atoms with Gasteiger partial charge in [-0.2, -0.15) is 0 Å². The van der Waals surface area contributed by atoms with Crippen LogP contribution in [-0.2, 0) is 14.3 Å². The first kappa shape index (κ1) is 23.1. The summed E-state index contributed by atoms with van der Waals surface area (Å²) in [4.78, 5) is 25.6. The van der Waals surface area contributed by atoms with E-state index in [-0.39, 0.29) is 17.8 Å². The fraction of sp³-hybridized carbons (Fsp3) is 0.583. The van der Waals surface area contributed by atoms with Crippen LogP contribution in [0.1, 0.15) is 76.4 Å². The number of benzene rings is 1. The van der Waals surface area contributed by atoms with Crippen LogP contribution in [-0.4, -0.2) is 36.6 Å². The summed E-state index contributed by atoms with van der Waals surface area (Å²) >= 11 is 0. The molecule has 1 N–H and O–H groups in total. The molecule has 0 unspecified atom stereocenters. The second-order valence-electron chi connectivity index (χ2n) is 7.70. The zero-order chi connectivity index (χ0) is 21.1. The van der Waals surface area contributed by atoms with Gasteiger partial charge >= 0.3 is 5.97 Å². The zero-order valence-corrected chi connectivity index (χ0v) is 17.8. The van der Waals surface area contributed by atoms with Gasteiger partial charge in [-0.25, -0.2) is 0 Å². The van der Waals surface area contributed by atoms with Gasteiger partial charge in [0.15, 0.2) is 5.78 Å². The first-order chi connectivity index (χ1) is 14.1. The highest BCUT2D eigenvalue weighted by Crippen LogP contribution is 2.28. The number of aliphatic hydroxyl groups is 1. The van der Waals surface area contributed by atoms with Gasteiger partial charge in [0.05, 0.1) is 19.3 Å². The van der Waals surface area contributed by atoms with Crippen molar-refractivity contribution in [3.05, 3.63) is 42.0 Å². The molecule has 1 fully saturated rings. The van der Waals surface area contributed by atoms with Crippen LogP contribution in [0.25, 0.3) is 0 Å². The van der Waals surface area contributed by atoms with E-state index in [0.717, 1.165) is 56.3 Å². The van der Waals surface area contributed by atoms with Gasteiger partial charge in [-0.05, 0) is 43.4 Å². The minimum atomic E-state index is -0.417. The molecule has 1 aromatic rings. The lowest BCUT2D eigenvalue weighted by molar-refractivity contribution is -0.140. The maximum Gasteiger partial charge on any atom is 0.305 e. The number of hydrogen-bond donors (Lipinski definition) is 1. The fourth-order valence-corrected chi connectivity index (χ4v) is 3.75. The Morgan fingerprint density at radius 3 is 2.69 bits per heavy atom. The molecule has 5 nitrogen and oxygen atoms in total. The number of allylic oxidation sites excluding steroid dienone is 1. The summed E-state index contributed by atoms with van der Waals surface area (Å²) in [6.07, 6.45) is 11.0. The predicted molar refractivity (Wildman–Crippen MR) is 116 cm³/mol. The lowest BCUT2D eigenvalue weighted by Gasteiger charge is -2.25. The smallest absolute Gasteiger partial charge is 0.305 e. The maximum atomic E-state index is 12.4. The molecule has 2 rings (SSSR count). The van der Waals surface area contributed by atoms with E-state index in [9.17, 15) is 14.7 Å². The number of carbonyl (C=O) groups excluding carboxylic acids is 2. The van der Waals surface area contributed by atoms with Crippen molar-refractivity contribution in [1.82, 2.24) is 0 Å². The van der Waals surface area contributed by atoms with Crippen molar-refractivity contribution in [2.45, 2.75) is 76.9 Å². The number of Topliss-reactive ketones (excluding diaryl/α,β-unsaturated/α-hetero) is 1. The highest BCUT2D eigenvalue weighted by Gasteiger charge is 2.31. The number of carbonyl (C=O) groups is 2. The van der Waals surface area contributed by atoms with Crippen LogP contribution < -0.4 is 4.90 Å². The minimum Gasteiger partial charge on any atom is -0.469 e. The number of anilines is 1. The van der Waals surface area contributed by atoms with E-state index in [4.69, 9.17) is 0 Å². The summed E-state index contributed by atoms with van der Waals surface area (Å²) < 4.78 is 4.63. The summed E-state index contributed by atoms with van der Waals surface area (Å²) in [5.41, 5.74) is 1.97. The van der Waals surface area contributed by atoms with Gasteiger partial charge in [0.25, 0.3) is 0 Å². The number of hydrogen-bond acceptors (Lipinski definition) is 5. The molecular formula is C24H35NO4. The van der Waals surface area contributed by atoms with Crippen LogP contribution in [0.5, 0.6) is 0 Å². The Bertz CT molecular complexity index is 668. The molecule has 0 spiro atoms. The molecule has 1 aliphatic rings. The molecule has 29 heavy (non-hydrogen) atoms. The van der Waals surface area contributed by atoms with E-state index < -0.39 is 6.10 Å². The molecule has 1 saturated heterocycles. The van der Waals surface area contributed by atoms with E-state index in [1.165, 1.54) is 7.11 Å². The van der Waals surface area contributed by atoms with Crippen molar-refractivity contribution in [2.75, 3.05) is 18.6 Å². The fourth-order valence-electron chi connectivity index (χ4n) is 3.75. The van der Waals surface area contributed by atoms with Crippen molar-refractivity contribution in [2.24, 2.45) is 0 Å². The summed E-state index contributed by atoms with van der Waals surface area (Å²) in [7, 11) is 1.40. The molecule has 0 bridgehead atoms. The predicted octanol–water partition coefficient (Wildman–Crippen LogP) is 4.74. The monoisotopic (exact) mass is 401 g/mol. The number of methoxy groups -OCH3 is 1. The molecule has 160 valence electrons. The Kier molecular flexibility index (Phi) is 9.92. The van der Waals surface area contributed by atoms with Crippen LogP contribution in [0.15, 0.2) is 36.4 Å². The Balaban J connectivity index is 1.88. The van der Waals surface area contributed by atoms with Gasteiger partial charge < -0.3 is 14.7 Å². The van der Waals surface area contributed by atoms with Gasteiger partial charge in [0.2, 0.25) is 0 Å². The number of nitrogens with zero attached hydrogens (tertiary/aromatic N) is 1. The lowest BCUT2D eigenvalue weighted by Crippen LogP contribution is -2.32. The Morgan fingerprint density at radius 2 is 2.00 bits per heavy atom. The van der Waals surface area contributed by atoms with Gasteiger partial charge in [0.1, 0.15) is 0 Å². The van der Waals surface area contributed by atoms with Gasteiger partial charge in [0, 0.05) is 25.1 Å². The Morgan fingerprint density at radius 1 is 1.24 bits per heavy atom. The average molecular weight is 402 g/mol. The maximum absolute atomic E-state index is 12.4. The van der Waals surface area contributed by atoms with Crippen molar-refractivity contribution in [3.8, 4) is 0 Å². The largest absolute Gasteiger partial charge is 0.469 e. The van der Waals surface area contributed by atoms with Crippen LogP contribution in [0.3, 0.4) is 0 Å². The molecule has 0 amide bonds. The molecule has 2 atom stereocenters. The number of ether oxygens (including phenoxy) is 1. The molecule has 1 aromatic carbocycles. The zero-order valence-electron chi connectivity index (χ0n) is 17.8. The van der Waals surface area contributed by atoms with Crippen molar-refractivity contribution in [1.29, 1.82) is 0 Å². The van der Waals surface area contributed by atoms with E-state index in [0.29, 0.717) is 19.3 Å². The quantitative estimate of drug-likeness (QED) is 0.311. The van der Waals surface area contributed by atoms with Crippen LogP contribution >= 0.6 is 0 Å². The highest BCUT2D eigenvalue weighted by atomic mass is 16.5. The molecule has 1 heterocycles. The van der Waals surface area contributed by atoms with E-state index >= 15 is 0 Å². The molecule has 0 radical (unpaired) electrons. The molecule has 0 aliphatic carbocycles. The van der Waals surface area contributed by atoms with E-state index in [1.807, 2.05) is 36.4 Å². The SMILES string of the molecule is CCCCC[C@@H](O)c1ccc(N2CCC(=O)[C@@H]2C/C=C\CCCC(=O)OC)cc1. The number of rotatable bonds is 12. The second kappa shape index (κ2) is 12.4. The van der Waals surface area contributed by atoms with Crippen molar-refractivity contribution >= 4 is 17.4 Å². The third kappa shape index (κ3) is 7.32. The number of ketones is 1. The normalized spacial score (nSPS) is 17.8. The third-order valence-electron chi connectivity index (χ3n) is 5.54. The average Bonchev–Trinajstić information content (AvgIpc) is 3.10. The van der Waals surface area contributed by atoms with Crippen LogP contribution in [0, 0.1) is 0 Å². The van der Waals surface area contributed by atoms with E-state index in [2.05, 4.69) is 16.6 Å². The minimum absolute atomic E-state index is 0.132. The van der Waals surface area contributed by atoms with Crippen molar-refractivity contribution < 1.29 is 19.4 Å². The summed E-state index contributed by atoms with van der Waals surface area (Å²) in [5, 5.41) is 10.3. The standard InChI is InChI=1S/C24H35NO4/c1-3-4-7-11-22(26)19-13-15-20(16-14-19)25-18-17-23(27)21(25)10-8-5-6-9-12-24(28)29-2/h5,8,13-16,21-22,26H,3-4,6-7,9-12,17-18H2,1-2H3/b8-5-/t21-,22+/m0/s1. The second-order valence-corrected chi connectivity index (χ2v) is 7.70. The first-order valence-electron chi connectivity index (χ1n) is 10.9. The van der Waals surface area contributed by atoms with Gasteiger partial charge in [-0.3, -0.25) is 9.59 Å². The van der Waals surface area contributed by atoms with Gasteiger partial charge in [-0.1, -0.05) is 50.5 Å². The molecule has 0 aromatic heterocycles. The lowest BCUT2D eigenvalue weighted by atomic mass is 10.0. The van der Waals surface area contributed by atoms with E-state index in [1.54, 1.807) is 0 Å². The topological polar surface area (TPSA) is 66.8 Å². The Hall–Kier alpha value is -2.14. The van der Waals surface area contributed by atoms with Crippen LogP contribution in [0.2, 0.25) is 0 Å². The molecular weight excluding hydrogens is 366 g/mol. The summed E-state index contributed by atoms with van der Waals surface area (Å²) in [6, 6.07) is 7.86. The van der Waals surface area contributed by atoms with Crippen LogP contribution in [0.4, 0.5) is 5.69 Å². The number of esters is 1. The van der Waals surface area contributed by atoms with Gasteiger partial charge in [-0.15, -0.1) is 0 Å². The number of aliphatic hydroxyl groups excluding tert-OH is 1. The summed E-state index contributed by atoms with van der Waals surface area (Å²) in [5.74, 6) is 0.0855. The number of unbranched alkanes of at least 4 members (excludes halogenated alkanes) is 3. The molecule has 5 heteroatoms. The molecule has 1 aliphatic heterocycles. The first-order valence-corrected chi connectivity index (χ1v) is 10.9. The Labute approximate surface area is 174 Å². The van der Waals surface area contributed by atoms with Crippen molar-refractivity contribution in [3.63, 3.8) is 0 Å². The molecule has 0 saturated carbocycles.